The summed E-state index contributed by atoms with van der Waals surface area (Å²) < 4.78 is 19.9. The van der Waals surface area contributed by atoms with Gasteiger partial charge < -0.3 is 9.64 Å². The maximum absolute atomic E-state index is 13.8. The van der Waals surface area contributed by atoms with Crippen LogP contribution in [-0.2, 0) is 17.9 Å². The van der Waals surface area contributed by atoms with Crippen molar-refractivity contribution in [2.45, 2.75) is 13.1 Å². The van der Waals surface area contributed by atoms with Crippen molar-refractivity contribution in [2.24, 2.45) is 0 Å². The van der Waals surface area contributed by atoms with Gasteiger partial charge in [-0.3, -0.25) is 4.79 Å². The molecule has 0 saturated heterocycles. The van der Waals surface area contributed by atoms with E-state index in [1.807, 2.05) is 35.0 Å². The molecule has 0 bridgehead atoms. The predicted molar refractivity (Wildman–Crippen MR) is 102 cm³/mol. The molecule has 3 aromatic rings. The molecule has 7 heteroatoms. The van der Waals surface area contributed by atoms with Crippen LogP contribution in [0.25, 0.3) is 0 Å². The summed E-state index contributed by atoms with van der Waals surface area (Å²) in [5.41, 5.74) is 0. The van der Waals surface area contributed by atoms with Crippen molar-refractivity contribution < 1.29 is 13.9 Å². The Morgan fingerprint density at radius 3 is 2.24 bits per heavy atom. The number of benzene rings is 1. The Hall–Kier alpha value is -1.70. The Balaban J connectivity index is 1.67. The maximum Gasteiger partial charge on any atom is 0.261 e. The third kappa shape index (κ3) is 5.14. The average molecular weight is 440 g/mol. The van der Waals surface area contributed by atoms with E-state index in [1.165, 1.54) is 12.1 Å². The standard InChI is InChI=1S/C18H15BrFNO2S2/c19-13-5-6-17(16(20)9-13)23-12-18(22)21(10-14-3-1-7-24-14)11-15-4-2-8-25-15/h1-9H,10-12H2. The lowest BCUT2D eigenvalue weighted by atomic mass is 10.3. The van der Waals surface area contributed by atoms with E-state index in [2.05, 4.69) is 15.9 Å². The van der Waals surface area contributed by atoms with Crippen LogP contribution in [0.3, 0.4) is 0 Å². The SMILES string of the molecule is O=C(COc1ccc(Br)cc1F)N(Cc1cccs1)Cc1cccs1. The number of hydrogen-bond acceptors (Lipinski definition) is 4. The minimum Gasteiger partial charge on any atom is -0.481 e. The van der Waals surface area contributed by atoms with Crippen LogP contribution >= 0.6 is 38.6 Å². The Morgan fingerprint density at radius 1 is 1.08 bits per heavy atom. The molecule has 25 heavy (non-hydrogen) atoms. The fourth-order valence-corrected chi connectivity index (χ4v) is 4.01. The van der Waals surface area contributed by atoms with Gasteiger partial charge in [0.1, 0.15) is 0 Å². The van der Waals surface area contributed by atoms with Crippen molar-refractivity contribution in [1.82, 2.24) is 4.90 Å². The fourth-order valence-electron chi connectivity index (χ4n) is 2.24. The highest BCUT2D eigenvalue weighted by molar-refractivity contribution is 9.10. The Labute approximate surface area is 161 Å². The van der Waals surface area contributed by atoms with E-state index in [9.17, 15) is 9.18 Å². The largest absolute Gasteiger partial charge is 0.481 e. The van der Waals surface area contributed by atoms with E-state index in [4.69, 9.17) is 4.74 Å². The van der Waals surface area contributed by atoms with Gasteiger partial charge in [-0.2, -0.15) is 0 Å². The molecule has 1 amide bonds. The number of hydrogen-bond donors (Lipinski definition) is 0. The molecule has 0 fully saturated rings. The molecule has 3 rings (SSSR count). The van der Waals surface area contributed by atoms with E-state index in [1.54, 1.807) is 33.6 Å². The first-order chi connectivity index (χ1) is 12.1. The average Bonchev–Trinajstić information content (AvgIpc) is 3.27. The van der Waals surface area contributed by atoms with Crippen LogP contribution in [0.15, 0.2) is 57.7 Å². The smallest absolute Gasteiger partial charge is 0.261 e. The molecular formula is C18H15BrFNO2S2. The van der Waals surface area contributed by atoms with Gasteiger partial charge in [0.2, 0.25) is 0 Å². The highest BCUT2D eigenvalue weighted by Gasteiger charge is 2.17. The van der Waals surface area contributed by atoms with Crippen LogP contribution in [0.2, 0.25) is 0 Å². The van der Waals surface area contributed by atoms with Crippen molar-refractivity contribution in [3.05, 3.63) is 73.3 Å². The summed E-state index contributed by atoms with van der Waals surface area (Å²) >= 11 is 6.40. The molecule has 130 valence electrons. The van der Waals surface area contributed by atoms with Gasteiger partial charge in [-0.25, -0.2) is 4.39 Å². The van der Waals surface area contributed by atoms with E-state index >= 15 is 0 Å². The maximum atomic E-state index is 13.8. The normalized spacial score (nSPS) is 10.6. The van der Waals surface area contributed by atoms with Crippen molar-refractivity contribution in [2.75, 3.05) is 6.61 Å². The van der Waals surface area contributed by atoms with Gasteiger partial charge in [-0.05, 0) is 41.1 Å². The second kappa shape index (κ2) is 8.60. The first-order valence-corrected chi connectivity index (χ1v) is 10.1. The molecule has 0 aliphatic carbocycles. The Kier molecular flexibility index (Phi) is 6.23. The monoisotopic (exact) mass is 439 g/mol. The van der Waals surface area contributed by atoms with Gasteiger partial charge in [0.05, 0.1) is 13.1 Å². The topological polar surface area (TPSA) is 29.5 Å². The van der Waals surface area contributed by atoms with Crippen LogP contribution in [0.5, 0.6) is 5.75 Å². The summed E-state index contributed by atoms with van der Waals surface area (Å²) in [6.07, 6.45) is 0. The number of nitrogens with zero attached hydrogens (tertiary/aromatic N) is 1. The van der Waals surface area contributed by atoms with Crippen molar-refractivity contribution >= 4 is 44.5 Å². The molecule has 2 aromatic heterocycles. The third-order valence-corrected chi connectivity index (χ3v) is 5.67. The number of rotatable bonds is 7. The summed E-state index contributed by atoms with van der Waals surface area (Å²) in [5, 5.41) is 3.97. The molecule has 0 aliphatic rings. The van der Waals surface area contributed by atoms with Gasteiger partial charge in [0, 0.05) is 14.2 Å². The first-order valence-electron chi connectivity index (χ1n) is 7.52. The number of amides is 1. The summed E-state index contributed by atoms with van der Waals surface area (Å²) in [6.45, 7) is 0.830. The summed E-state index contributed by atoms with van der Waals surface area (Å²) in [7, 11) is 0. The van der Waals surface area contributed by atoms with Crippen LogP contribution in [0.4, 0.5) is 4.39 Å². The van der Waals surface area contributed by atoms with Crippen LogP contribution < -0.4 is 4.74 Å². The van der Waals surface area contributed by atoms with Crippen LogP contribution in [-0.4, -0.2) is 17.4 Å². The molecule has 0 N–H and O–H groups in total. The lowest BCUT2D eigenvalue weighted by Crippen LogP contribution is -2.33. The van der Waals surface area contributed by atoms with E-state index < -0.39 is 5.82 Å². The minimum atomic E-state index is -0.495. The number of carbonyl (C=O) groups excluding carboxylic acids is 1. The second-order valence-corrected chi connectivity index (χ2v) is 8.25. The first kappa shape index (κ1) is 18.1. The molecule has 3 nitrogen and oxygen atoms in total. The third-order valence-electron chi connectivity index (χ3n) is 3.45. The number of carbonyl (C=O) groups is 1. The summed E-state index contributed by atoms with van der Waals surface area (Å²) in [5.74, 6) is -0.599. The highest BCUT2D eigenvalue weighted by atomic mass is 79.9. The zero-order chi connectivity index (χ0) is 17.6. The molecular weight excluding hydrogens is 425 g/mol. The van der Waals surface area contributed by atoms with Gasteiger partial charge >= 0.3 is 0 Å². The number of thiophene rings is 2. The summed E-state index contributed by atoms with van der Waals surface area (Å²) in [6, 6.07) is 12.4. The number of halogens is 2. The van der Waals surface area contributed by atoms with Crippen molar-refractivity contribution in [1.29, 1.82) is 0 Å². The van der Waals surface area contributed by atoms with Crippen molar-refractivity contribution in [3.8, 4) is 5.75 Å². The lowest BCUT2D eigenvalue weighted by molar-refractivity contribution is -0.134. The van der Waals surface area contributed by atoms with Gasteiger partial charge in [-0.15, -0.1) is 22.7 Å². The zero-order valence-electron chi connectivity index (χ0n) is 13.2. The molecule has 0 atom stereocenters. The molecule has 1 aromatic carbocycles. The number of ether oxygens (including phenoxy) is 1. The summed E-state index contributed by atoms with van der Waals surface area (Å²) in [4.78, 5) is 16.6. The molecule has 0 radical (unpaired) electrons. The highest BCUT2D eigenvalue weighted by Crippen LogP contribution is 2.22. The lowest BCUT2D eigenvalue weighted by Gasteiger charge is -2.21. The second-order valence-electron chi connectivity index (χ2n) is 5.27. The molecule has 0 saturated carbocycles. The van der Waals surface area contributed by atoms with E-state index in [0.717, 1.165) is 9.75 Å². The van der Waals surface area contributed by atoms with E-state index in [-0.39, 0.29) is 18.3 Å². The zero-order valence-corrected chi connectivity index (χ0v) is 16.4. The fraction of sp³-hybridized carbons (Fsp3) is 0.167. The van der Waals surface area contributed by atoms with Gasteiger partial charge in [0.25, 0.3) is 5.91 Å². The molecule has 0 spiro atoms. The predicted octanol–water partition coefficient (Wildman–Crippen LogP) is 5.32. The van der Waals surface area contributed by atoms with Gasteiger partial charge in [-0.1, -0.05) is 28.1 Å². The minimum absolute atomic E-state index is 0.0729. The van der Waals surface area contributed by atoms with Gasteiger partial charge in [0.15, 0.2) is 18.2 Å². The molecule has 2 heterocycles. The van der Waals surface area contributed by atoms with Crippen LogP contribution in [0, 0.1) is 5.82 Å². The Bertz CT molecular complexity index is 785. The molecule has 0 aliphatic heterocycles. The van der Waals surface area contributed by atoms with Crippen LogP contribution in [0.1, 0.15) is 9.75 Å². The van der Waals surface area contributed by atoms with E-state index in [0.29, 0.717) is 17.6 Å². The van der Waals surface area contributed by atoms with Crippen molar-refractivity contribution in [3.63, 3.8) is 0 Å². The Morgan fingerprint density at radius 2 is 1.72 bits per heavy atom. The quantitative estimate of drug-likeness (QED) is 0.498. The molecule has 0 unspecified atom stereocenters.